The van der Waals surface area contributed by atoms with Crippen LogP contribution >= 0.6 is 0 Å². The van der Waals surface area contributed by atoms with Gasteiger partial charge in [-0.1, -0.05) is 12.1 Å². The Morgan fingerprint density at radius 1 is 1.08 bits per heavy atom. The highest BCUT2D eigenvalue weighted by Crippen LogP contribution is 2.30. The summed E-state index contributed by atoms with van der Waals surface area (Å²) in [6.45, 7) is 3.79. The molecular weight excluding hydrogens is 326 g/mol. The van der Waals surface area contributed by atoms with Crippen molar-refractivity contribution in [2.75, 3.05) is 26.7 Å². The van der Waals surface area contributed by atoms with Gasteiger partial charge >= 0.3 is 0 Å². The standard InChI is InChI=1S/C21H25N3O2/c1-26-20-6-3-16(4-7-20)12-23-13-17-2-5-19(15-23)24(14-17)21(25)18-8-10-22-11-9-18/h3-4,6-11,17,19H,2,5,12-15H2,1H3/t17-,19+/m0/s1. The van der Waals surface area contributed by atoms with Crippen molar-refractivity contribution < 1.29 is 9.53 Å². The zero-order valence-electron chi connectivity index (χ0n) is 15.2. The number of hydrogen-bond acceptors (Lipinski definition) is 4. The Labute approximate surface area is 154 Å². The number of methoxy groups -OCH3 is 1. The second kappa shape index (κ2) is 7.46. The van der Waals surface area contributed by atoms with Crippen LogP contribution in [-0.2, 0) is 6.54 Å². The van der Waals surface area contributed by atoms with Crippen molar-refractivity contribution in [3.63, 3.8) is 0 Å². The number of amides is 1. The molecule has 5 nitrogen and oxygen atoms in total. The Morgan fingerprint density at radius 2 is 1.85 bits per heavy atom. The van der Waals surface area contributed by atoms with Gasteiger partial charge in [-0.2, -0.15) is 0 Å². The maximum atomic E-state index is 12.9. The van der Waals surface area contributed by atoms with Gasteiger partial charge in [0, 0.05) is 50.2 Å². The van der Waals surface area contributed by atoms with Gasteiger partial charge in [0.25, 0.3) is 5.91 Å². The van der Waals surface area contributed by atoms with E-state index in [0.29, 0.717) is 12.0 Å². The molecule has 1 aromatic carbocycles. The van der Waals surface area contributed by atoms with Crippen molar-refractivity contribution in [1.29, 1.82) is 0 Å². The molecule has 0 spiro atoms. The number of fused-ring (bicyclic) bond motifs is 4. The van der Waals surface area contributed by atoms with Crippen molar-refractivity contribution in [3.05, 3.63) is 59.9 Å². The number of carbonyl (C=O) groups is 1. The number of nitrogens with zero attached hydrogens (tertiary/aromatic N) is 3. The summed E-state index contributed by atoms with van der Waals surface area (Å²) in [5.41, 5.74) is 2.04. The van der Waals surface area contributed by atoms with Crippen LogP contribution in [0.5, 0.6) is 5.75 Å². The molecule has 1 amide bonds. The molecule has 4 heterocycles. The van der Waals surface area contributed by atoms with E-state index in [-0.39, 0.29) is 5.91 Å². The molecule has 3 fully saturated rings. The topological polar surface area (TPSA) is 45.7 Å². The predicted molar refractivity (Wildman–Crippen MR) is 100 cm³/mol. The fourth-order valence-electron chi connectivity index (χ4n) is 4.21. The third-order valence-electron chi connectivity index (χ3n) is 5.54. The molecule has 2 atom stereocenters. The molecule has 26 heavy (non-hydrogen) atoms. The van der Waals surface area contributed by atoms with Crippen molar-refractivity contribution in [2.45, 2.75) is 25.4 Å². The third-order valence-corrected chi connectivity index (χ3v) is 5.54. The van der Waals surface area contributed by atoms with Crippen LogP contribution < -0.4 is 4.74 Å². The molecule has 0 aliphatic carbocycles. The molecular formula is C21H25N3O2. The number of rotatable bonds is 4. The number of ether oxygens (including phenoxy) is 1. The number of pyridine rings is 1. The highest BCUT2D eigenvalue weighted by molar-refractivity contribution is 5.94. The lowest BCUT2D eigenvalue weighted by Gasteiger charge is -2.36. The molecule has 3 aliphatic heterocycles. The summed E-state index contributed by atoms with van der Waals surface area (Å²) in [6, 6.07) is 12.2. The first-order chi connectivity index (χ1) is 12.7. The van der Waals surface area contributed by atoms with Crippen molar-refractivity contribution in [2.24, 2.45) is 5.92 Å². The molecule has 2 aromatic rings. The molecule has 0 N–H and O–H groups in total. The maximum Gasteiger partial charge on any atom is 0.254 e. The SMILES string of the molecule is COc1ccc(CN2C[C@@H]3CC[C@H](C2)N(C(=O)c2ccncc2)C3)cc1. The molecule has 0 saturated carbocycles. The predicted octanol–water partition coefficient (Wildman–Crippen LogP) is 2.83. The lowest BCUT2D eigenvalue weighted by molar-refractivity contribution is 0.0585. The van der Waals surface area contributed by atoms with E-state index < -0.39 is 0 Å². The Balaban J connectivity index is 1.46. The minimum Gasteiger partial charge on any atom is -0.497 e. The van der Waals surface area contributed by atoms with Gasteiger partial charge in [-0.15, -0.1) is 0 Å². The molecule has 3 saturated heterocycles. The second-order valence-corrected chi connectivity index (χ2v) is 7.33. The Bertz CT molecular complexity index is 748. The van der Waals surface area contributed by atoms with Gasteiger partial charge in [-0.3, -0.25) is 14.7 Å². The zero-order chi connectivity index (χ0) is 17.9. The Hall–Kier alpha value is -2.40. The minimum absolute atomic E-state index is 0.147. The number of carbonyl (C=O) groups excluding carboxylic acids is 1. The van der Waals surface area contributed by atoms with Gasteiger partial charge in [0.1, 0.15) is 5.75 Å². The number of aromatic nitrogens is 1. The minimum atomic E-state index is 0.147. The monoisotopic (exact) mass is 351 g/mol. The molecule has 0 unspecified atom stereocenters. The molecule has 5 rings (SSSR count). The Morgan fingerprint density at radius 3 is 2.58 bits per heavy atom. The lowest BCUT2D eigenvalue weighted by atomic mass is 9.94. The molecule has 0 radical (unpaired) electrons. The van der Waals surface area contributed by atoms with Crippen LogP contribution in [-0.4, -0.2) is 53.5 Å². The van der Waals surface area contributed by atoms with Crippen LogP contribution in [0.2, 0.25) is 0 Å². The average molecular weight is 351 g/mol. The van der Waals surface area contributed by atoms with E-state index in [1.165, 1.54) is 12.0 Å². The second-order valence-electron chi connectivity index (χ2n) is 7.33. The fraction of sp³-hybridized carbons (Fsp3) is 0.429. The maximum absolute atomic E-state index is 12.9. The first kappa shape index (κ1) is 17.0. The van der Waals surface area contributed by atoms with E-state index in [4.69, 9.17) is 4.74 Å². The summed E-state index contributed by atoms with van der Waals surface area (Å²) in [5, 5.41) is 0. The highest BCUT2D eigenvalue weighted by Gasteiger charge is 2.37. The van der Waals surface area contributed by atoms with E-state index in [1.807, 2.05) is 24.3 Å². The van der Waals surface area contributed by atoms with E-state index in [1.54, 1.807) is 19.5 Å². The van der Waals surface area contributed by atoms with E-state index >= 15 is 0 Å². The quantitative estimate of drug-likeness (QED) is 0.850. The van der Waals surface area contributed by atoms with Crippen LogP contribution in [0.3, 0.4) is 0 Å². The van der Waals surface area contributed by atoms with Crippen LogP contribution in [0.15, 0.2) is 48.8 Å². The van der Waals surface area contributed by atoms with Crippen LogP contribution in [0.25, 0.3) is 0 Å². The Kier molecular flexibility index (Phi) is 4.89. The van der Waals surface area contributed by atoms with Crippen LogP contribution in [0.4, 0.5) is 0 Å². The number of piperidine rings is 1. The first-order valence-electron chi connectivity index (χ1n) is 9.29. The van der Waals surface area contributed by atoms with E-state index in [9.17, 15) is 4.79 Å². The summed E-state index contributed by atoms with van der Waals surface area (Å²) in [4.78, 5) is 21.6. The smallest absolute Gasteiger partial charge is 0.254 e. The largest absolute Gasteiger partial charge is 0.497 e. The van der Waals surface area contributed by atoms with Gasteiger partial charge in [-0.25, -0.2) is 0 Å². The first-order valence-corrected chi connectivity index (χ1v) is 9.29. The van der Waals surface area contributed by atoms with Crippen molar-refractivity contribution in [3.8, 4) is 5.75 Å². The van der Waals surface area contributed by atoms with E-state index in [0.717, 1.165) is 43.9 Å². The summed E-state index contributed by atoms with van der Waals surface area (Å²) >= 11 is 0. The van der Waals surface area contributed by atoms with Crippen LogP contribution in [0, 0.1) is 5.92 Å². The molecule has 1 aromatic heterocycles. The molecule has 2 bridgehead atoms. The van der Waals surface area contributed by atoms with Gasteiger partial charge in [-0.05, 0) is 48.6 Å². The van der Waals surface area contributed by atoms with Gasteiger partial charge < -0.3 is 9.64 Å². The summed E-state index contributed by atoms with van der Waals surface area (Å²) < 4.78 is 5.24. The molecule has 5 heteroatoms. The summed E-state index contributed by atoms with van der Waals surface area (Å²) in [7, 11) is 1.69. The van der Waals surface area contributed by atoms with E-state index in [2.05, 4.69) is 26.9 Å². The normalized spacial score (nSPS) is 22.9. The van der Waals surface area contributed by atoms with Crippen molar-refractivity contribution >= 4 is 5.91 Å². The van der Waals surface area contributed by atoms with Crippen molar-refractivity contribution in [1.82, 2.24) is 14.8 Å². The third kappa shape index (κ3) is 3.58. The number of hydrogen-bond donors (Lipinski definition) is 0. The zero-order valence-corrected chi connectivity index (χ0v) is 15.2. The van der Waals surface area contributed by atoms with Gasteiger partial charge in [0.05, 0.1) is 7.11 Å². The highest BCUT2D eigenvalue weighted by atomic mass is 16.5. The van der Waals surface area contributed by atoms with Crippen LogP contribution in [0.1, 0.15) is 28.8 Å². The molecule has 3 aliphatic rings. The summed E-state index contributed by atoms with van der Waals surface area (Å²) in [6.07, 6.45) is 5.70. The summed E-state index contributed by atoms with van der Waals surface area (Å²) in [5.74, 6) is 1.59. The lowest BCUT2D eigenvalue weighted by Crippen LogP contribution is -2.47. The van der Waals surface area contributed by atoms with Gasteiger partial charge in [0.15, 0.2) is 0 Å². The average Bonchev–Trinajstić information content (AvgIpc) is 2.99. The number of benzene rings is 1. The molecule has 136 valence electrons. The van der Waals surface area contributed by atoms with Gasteiger partial charge in [0.2, 0.25) is 0 Å². The fourth-order valence-corrected chi connectivity index (χ4v) is 4.21.